The number of aliphatic hydroxyl groups is 1. The summed E-state index contributed by atoms with van der Waals surface area (Å²) >= 11 is 9.28. The van der Waals surface area contributed by atoms with Gasteiger partial charge in [0, 0.05) is 6.20 Å². The van der Waals surface area contributed by atoms with Crippen molar-refractivity contribution in [3.05, 3.63) is 31.2 Å². The number of fused-ring (bicyclic) bond motifs is 5. The molecule has 0 spiro atoms. The van der Waals surface area contributed by atoms with Crippen molar-refractivity contribution in [3.8, 4) is 0 Å². The quantitative estimate of drug-likeness (QED) is 0.145. The number of imidazole rings is 1. The molecule has 236 valence electrons. The van der Waals surface area contributed by atoms with Gasteiger partial charge in [-0.2, -0.15) is 0 Å². The van der Waals surface area contributed by atoms with E-state index in [9.17, 15) is 14.6 Å². The molecule has 2 unspecified atom stereocenters. The normalized spacial score (nSPS) is 38.3. The van der Waals surface area contributed by atoms with E-state index in [1.807, 2.05) is 0 Å². The number of hydrogen-bond donors (Lipinski definition) is 5. The second kappa shape index (κ2) is 11.1. The van der Waals surface area contributed by atoms with Gasteiger partial charge in [-0.05, 0) is 17.9 Å². The lowest BCUT2D eigenvalue weighted by atomic mass is 10.1. The average molecular weight is 692 g/mol. The molecule has 44 heavy (non-hydrogen) atoms. The van der Waals surface area contributed by atoms with Gasteiger partial charge in [0.2, 0.25) is 0 Å². The lowest BCUT2D eigenvalue weighted by Crippen LogP contribution is -2.35. The number of thiol groups is 1. The highest BCUT2D eigenvalue weighted by molar-refractivity contribution is 8.44. The summed E-state index contributed by atoms with van der Waals surface area (Å²) in [6.45, 7) is -9.66. The van der Waals surface area contributed by atoms with Crippen molar-refractivity contribution in [1.82, 2.24) is 34.1 Å². The zero-order chi connectivity index (χ0) is 31.0. The van der Waals surface area contributed by atoms with Crippen molar-refractivity contribution in [1.29, 1.82) is 0 Å². The molecule has 10 atom stereocenters. The summed E-state index contributed by atoms with van der Waals surface area (Å²) in [5.74, 6) is 0.266. The zero-order valence-electron chi connectivity index (χ0n) is 22.1. The number of nitrogens with two attached hydrogens (primary N) is 2. The Kier molecular flexibility index (Phi) is 7.67. The van der Waals surface area contributed by atoms with E-state index in [-0.39, 0.29) is 28.4 Å². The number of alkyl halides is 1. The van der Waals surface area contributed by atoms with Gasteiger partial charge in [-0.1, -0.05) is 12.2 Å². The topological polar surface area (TPSA) is 239 Å². The van der Waals surface area contributed by atoms with Crippen LogP contribution in [0.5, 0.6) is 0 Å². The first-order valence-corrected chi connectivity index (χ1v) is 18.2. The number of aliphatic hydroxyl groups excluding tert-OH is 1. The SMILES string of the molecule is Nc1ncnc2c1ccn2[C@@H]1O[C@@H]2COP(O)(=S)O[C@@H]3[C@H](O)[C@@H](COP(=O)(S)O[C@H]2[C@H]1F)O[C@H]3n1cnc2c(N)ncnc21. The number of hydrogen-bond acceptors (Lipinski definition) is 16. The van der Waals surface area contributed by atoms with E-state index >= 15 is 4.39 Å². The highest BCUT2D eigenvalue weighted by Crippen LogP contribution is 2.58. The van der Waals surface area contributed by atoms with E-state index in [0.717, 1.165) is 0 Å². The smallest absolute Gasteiger partial charge is 0.386 e. The number of nitrogen functional groups attached to an aromatic ring is 2. The highest BCUT2D eigenvalue weighted by atomic mass is 32.7. The highest BCUT2D eigenvalue weighted by Gasteiger charge is 2.53. The van der Waals surface area contributed by atoms with Crippen molar-refractivity contribution >= 4 is 71.4 Å². The molecule has 0 aliphatic carbocycles. The van der Waals surface area contributed by atoms with Crippen LogP contribution < -0.4 is 11.5 Å². The second-order valence-corrected chi connectivity index (χ2v) is 15.7. The molecule has 3 saturated heterocycles. The van der Waals surface area contributed by atoms with Gasteiger partial charge in [-0.25, -0.2) is 33.9 Å². The van der Waals surface area contributed by atoms with Gasteiger partial charge >= 0.3 is 13.5 Å². The Hall–Kier alpha value is -2.39. The lowest BCUT2D eigenvalue weighted by Gasteiger charge is -2.27. The van der Waals surface area contributed by atoms with Crippen LogP contribution in [0.15, 0.2) is 31.2 Å². The third-order valence-electron chi connectivity index (χ3n) is 7.37. The molecule has 0 aromatic carbocycles. The lowest BCUT2D eigenvalue weighted by molar-refractivity contribution is -0.0586. The number of ether oxygens (including phenoxy) is 2. The standard InChI is InChI=1S/C21H24FN9O9P2S2/c22-11-14-10(38-20(11)30-2-1-8-16(23)25-5-27-18(8)30)4-36-42(34,44)40-15-13(32)9(3-35-41(33,43)39-14)37-21(15)31-7-29-12-17(24)26-6-28-19(12)31/h1-2,5-7,9-11,13-15,20-21,32H,3-4H2,(H,33,43)(H,34,44)(H2,23,25,27)(H2,24,26,28)/t9-,10-,11-,13-,14-,15-,20-,21-,41?,42?/m1/s1. The van der Waals surface area contributed by atoms with Gasteiger partial charge < -0.3 is 40.0 Å². The number of halogens is 1. The van der Waals surface area contributed by atoms with Crippen LogP contribution in [0.1, 0.15) is 12.5 Å². The molecule has 3 fully saturated rings. The van der Waals surface area contributed by atoms with Crippen LogP contribution in [-0.4, -0.2) is 94.0 Å². The van der Waals surface area contributed by atoms with Crippen LogP contribution in [0.4, 0.5) is 16.0 Å². The number of rotatable bonds is 2. The summed E-state index contributed by atoms with van der Waals surface area (Å²) in [7, 11) is 0. The molecule has 2 bridgehead atoms. The Balaban J connectivity index is 1.20. The maximum Gasteiger partial charge on any atom is 0.386 e. The Labute approximate surface area is 256 Å². The zero-order valence-corrected chi connectivity index (χ0v) is 25.6. The van der Waals surface area contributed by atoms with Gasteiger partial charge in [0.25, 0.3) is 0 Å². The number of anilines is 2. The van der Waals surface area contributed by atoms with E-state index in [1.54, 1.807) is 6.07 Å². The molecule has 6 N–H and O–H groups in total. The third kappa shape index (κ3) is 5.29. The summed E-state index contributed by atoms with van der Waals surface area (Å²) in [6.07, 6.45) is -6.22. The van der Waals surface area contributed by atoms with Crippen molar-refractivity contribution in [2.45, 2.75) is 49.1 Å². The first-order valence-electron chi connectivity index (χ1n) is 12.9. The molecule has 4 aromatic heterocycles. The van der Waals surface area contributed by atoms with E-state index in [1.165, 1.54) is 34.3 Å². The molecule has 7 heterocycles. The van der Waals surface area contributed by atoms with Crippen LogP contribution in [0.2, 0.25) is 0 Å². The van der Waals surface area contributed by atoms with Crippen LogP contribution in [0, 0.1) is 0 Å². The van der Waals surface area contributed by atoms with Crippen LogP contribution in [0.25, 0.3) is 22.2 Å². The van der Waals surface area contributed by atoms with E-state index in [2.05, 4.69) is 37.2 Å². The molecule has 23 heteroatoms. The summed E-state index contributed by atoms with van der Waals surface area (Å²) in [5, 5.41) is 11.6. The number of nitrogens with zero attached hydrogens (tertiary/aromatic N) is 7. The second-order valence-electron chi connectivity index (χ2n) is 10.0. The molecule has 7 rings (SSSR count). The Bertz CT molecular complexity index is 1840. The fourth-order valence-corrected chi connectivity index (χ4v) is 8.22. The molecule has 18 nitrogen and oxygen atoms in total. The van der Waals surface area contributed by atoms with Gasteiger partial charge in [-0.3, -0.25) is 18.1 Å². The molecule has 0 amide bonds. The predicted octanol–water partition coefficient (Wildman–Crippen LogP) is 1.00. The molecular formula is C21H24FN9O9P2S2. The largest absolute Gasteiger partial charge is 0.387 e. The predicted molar refractivity (Wildman–Crippen MR) is 155 cm³/mol. The van der Waals surface area contributed by atoms with Crippen LogP contribution in [-0.2, 0) is 43.9 Å². The van der Waals surface area contributed by atoms with Gasteiger partial charge in [0.05, 0.1) is 24.9 Å². The first-order chi connectivity index (χ1) is 20.9. The van der Waals surface area contributed by atoms with E-state index in [0.29, 0.717) is 5.39 Å². The molecule has 0 radical (unpaired) electrons. The minimum absolute atomic E-state index is 0.0926. The Morgan fingerprint density at radius 1 is 0.955 bits per heavy atom. The fourth-order valence-electron chi connectivity index (χ4n) is 5.33. The summed E-state index contributed by atoms with van der Waals surface area (Å²) < 4.78 is 66.4. The minimum atomic E-state index is -4.34. The van der Waals surface area contributed by atoms with Crippen molar-refractivity contribution in [2.75, 3.05) is 24.7 Å². The molecular weight excluding hydrogens is 667 g/mol. The third-order valence-corrected chi connectivity index (χ3v) is 10.5. The average Bonchev–Trinajstić information content (AvgIpc) is 3.73. The van der Waals surface area contributed by atoms with Gasteiger partial charge in [0.15, 0.2) is 30.1 Å². The maximum atomic E-state index is 16.0. The van der Waals surface area contributed by atoms with Crippen LogP contribution >= 0.6 is 25.8 Å². The van der Waals surface area contributed by atoms with Crippen molar-refractivity contribution in [2.24, 2.45) is 0 Å². The Morgan fingerprint density at radius 3 is 2.45 bits per heavy atom. The summed E-state index contributed by atoms with van der Waals surface area (Å²) in [4.78, 5) is 31.4. The molecule has 0 saturated carbocycles. The molecule has 3 aliphatic rings. The van der Waals surface area contributed by atoms with Gasteiger partial charge in [0.1, 0.15) is 60.2 Å². The summed E-state index contributed by atoms with van der Waals surface area (Å²) in [5.41, 5.74) is 12.6. The first kappa shape index (κ1) is 30.3. The maximum absolute atomic E-state index is 16.0. The fraction of sp³-hybridized carbons (Fsp3) is 0.476. The Morgan fingerprint density at radius 2 is 1.66 bits per heavy atom. The van der Waals surface area contributed by atoms with Crippen molar-refractivity contribution in [3.63, 3.8) is 0 Å². The van der Waals surface area contributed by atoms with Gasteiger partial charge in [-0.15, -0.1) is 0 Å². The van der Waals surface area contributed by atoms with E-state index in [4.69, 9.17) is 50.8 Å². The summed E-state index contributed by atoms with van der Waals surface area (Å²) in [6, 6.07) is 1.59. The monoisotopic (exact) mass is 691 g/mol. The van der Waals surface area contributed by atoms with Crippen molar-refractivity contribution < 1.29 is 46.5 Å². The van der Waals surface area contributed by atoms with E-state index < -0.39 is 75.9 Å². The van der Waals surface area contributed by atoms with Crippen LogP contribution in [0.3, 0.4) is 0 Å². The minimum Gasteiger partial charge on any atom is -0.387 e. The molecule has 4 aromatic rings. The molecule has 3 aliphatic heterocycles. The number of aromatic nitrogens is 7.